The molecular weight excluding hydrogens is 296 g/mol. The lowest BCUT2D eigenvalue weighted by Gasteiger charge is -2.13. The number of hydrogen-bond donors (Lipinski definition) is 0. The molecule has 1 rings (SSSR count). The maximum atomic E-state index is 10.7. The monoisotopic (exact) mass is 304 g/mol. The van der Waals surface area contributed by atoms with Crippen LogP contribution in [0.4, 0.5) is 0 Å². The van der Waals surface area contributed by atoms with Gasteiger partial charge in [-0.2, -0.15) is 0 Å². The van der Waals surface area contributed by atoms with E-state index >= 15 is 0 Å². The average molecular weight is 306 g/mol. The predicted octanol–water partition coefficient (Wildman–Crippen LogP) is 3.39. The minimum Gasteiger partial charge on any atom is -0.300 e. The van der Waals surface area contributed by atoms with Gasteiger partial charge in [0.2, 0.25) is 0 Å². The molecular formula is C10H10Br2O. The molecule has 0 heterocycles. The fourth-order valence-electron chi connectivity index (χ4n) is 1.03. The number of carbonyl (C=O) groups excluding carboxylic acids is 1. The lowest BCUT2D eigenvalue weighted by Crippen LogP contribution is -2.09. The topological polar surface area (TPSA) is 17.1 Å². The van der Waals surface area contributed by atoms with Crippen LogP contribution >= 0.6 is 31.9 Å². The minimum atomic E-state index is -0.730. The SMILES string of the molecule is CCc1ccc(C(Br)(Br)C=O)cc1. The van der Waals surface area contributed by atoms with Gasteiger partial charge in [0.25, 0.3) is 0 Å². The lowest BCUT2D eigenvalue weighted by molar-refractivity contribution is -0.107. The zero-order valence-electron chi connectivity index (χ0n) is 7.26. The van der Waals surface area contributed by atoms with E-state index in [1.54, 1.807) is 0 Å². The summed E-state index contributed by atoms with van der Waals surface area (Å²) in [5.74, 6) is 0. The summed E-state index contributed by atoms with van der Waals surface area (Å²) in [5, 5.41) is 0. The van der Waals surface area contributed by atoms with Gasteiger partial charge in [0.05, 0.1) is 0 Å². The standard InChI is InChI=1S/C10H10Br2O/c1-2-8-3-5-9(6-4-8)10(11,12)7-13/h3-7H,2H2,1H3. The van der Waals surface area contributed by atoms with Crippen LogP contribution in [0.15, 0.2) is 24.3 Å². The summed E-state index contributed by atoms with van der Waals surface area (Å²) in [7, 11) is 0. The Morgan fingerprint density at radius 2 is 1.85 bits per heavy atom. The average Bonchev–Trinajstić information content (AvgIpc) is 2.18. The molecule has 0 spiro atoms. The van der Waals surface area contributed by atoms with Crippen molar-refractivity contribution in [2.75, 3.05) is 0 Å². The third-order valence-corrected chi connectivity index (χ3v) is 3.18. The Bertz CT molecular complexity index is 290. The number of aryl methyl sites for hydroxylation is 1. The molecule has 0 aliphatic carbocycles. The Labute approximate surface area is 94.8 Å². The molecule has 0 N–H and O–H groups in total. The van der Waals surface area contributed by atoms with Gasteiger partial charge in [0.1, 0.15) is 0 Å². The first-order chi connectivity index (χ1) is 6.10. The highest BCUT2D eigenvalue weighted by molar-refractivity contribution is 9.25. The first-order valence-electron chi connectivity index (χ1n) is 4.03. The van der Waals surface area contributed by atoms with Crippen molar-refractivity contribution >= 4 is 38.1 Å². The Morgan fingerprint density at radius 1 is 1.31 bits per heavy atom. The molecule has 0 amide bonds. The second kappa shape index (κ2) is 4.38. The molecule has 0 saturated carbocycles. The maximum Gasteiger partial charge on any atom is 0.160 e. The summed E-state index contributed by atoms with van der Waals surface area (Å²) in [6.45, 7) is 2.10. The van der Waals surface area contributed by atoms with E-state index in [0.29, 0.717) is 0 Å². The van der Waals surface area contributed by atoms with Gasteiger partial charge >= 0.3 is 0 Å². The molecule has 0 fully saturated rings. The second-order valence-electron chi connectivity index (χ2n) is 2.79. The summed E-state index contributed by atoms with van der Waals surface area (Å²) in [4.78, 5) is 10.7. The number of alkyl halides is 2. The van der Waals surface area contributed by atoms with Crippen LogP contribution < -0.4 is 0 Å². The zero-order valence-corrected chi connectivity index (χ0v) is 10.4. The fraction of sp³-hybridized carbons (Fsp3) is 0.300. The van der Waals surface area contributed by atoms with Crippen molar-refractivity contribution < 1.29 is 4.79 Å². The summed E-state index contributed by atoms with van der Waals surface area (Å²) in [6, 6.07) is 7.93. The van der Waals surface area contributed by atoms with Crippen molar-refractivity contribution in [2.24, 2.45) is 0 Å². The van der Waals surface area contributed by atoms with E-state index in [1.165, 1.54) is 5.56 Å². The highest BCUT2D eigenvalue weighted by atomic mass is 79.9. The summed E-state index contributed by atoms with van der Waals surface area (Å²) >= 11 is 6.57. The molecule has 1 aromatic carbocycles. The van der Waals surface area contributed by atoms with Crippen LogP contribution in [0.3, 0.4) is 0 Å². The lowest BCUT2D eigenvalue weighted by atomic mass is 10.1. The van der Waals surface area contributed by atoms with Crippen LogP contribution in [0.5, 0.6) is 0 Å². The first-order valence-corrected chi connectivity index (χ1v) is 5.62. The van der Waals surface area contributed by atoms with E-state index in [1.807, 2.05) is 24.3 Å². The number of carbonyl (C=O) groups is 1. The van der Waals surface area contributed by atoms with Crippen molar-refractivity contribution in [1.82, 2.24) is 0 Å². The van der Waals surface area contributed by atoms with Gasteiger partial charge in [0.15, 0.2) is 9.52 Å². The molecule has 13 heavy (non-hydrogen) atoms. The third-order valence-electron chi connectivity index (χ3n) is 1.90. The van der Waals surface area contributed by atoms with Gasteiger partial charge in [0, 0.05) is 0 Å². The normalized spacial score (nSPS) is 11.3. The Balaban J connectivity index is 2.98. The zero-order chi connectivity index (χ0) is 9.90. The number of aldehydes is 1. The molecule has 0 atom stereocenters. The van der Waals surface area contributed by atoms with Crippen LogP contribution in [0, 0.1) is 0 Å². The minimum absolute atomic E-state index is 0.730. The van der Waals surface area contributed by atoms with Gasteiger partial charge in [-0.25, -0.2) is 0 Å². The van der Waals surface area contributed by atoms with Gasteiger partial charge in [-0.3, -0.25) is 0 Å². The molecule has 1 nitrogen and oxygen atoms in total. The Hall–Kier alpha value is -0.150. The van der Waals surface area contributed by atoms with Crippen LogP contribution in [-0.2, 0) is 14.4 Å². The van der Waals surface area contributed by atoms with E-state index < -0.39 is 3.23 Å². The van der Waals surface area contributed by atoms with E-state index in [4.69, 9.17) is 0 Å². The Kier molecular flexibility index (Phi) is 3.68. The van der Waals surface area contributed by atoms with Crippen molar-refractivity contribution in [3.8, 4) is 0 Å². The van der Waals surface area contributed by atoms with Crippen LogP contribution in [0.2, 0.25) is 0 Å². The smallest absolute Gasteiger partial charge is 0.160 e. The van der Waals surface area contributed by atoms with Crippen molar-refractivity contribution in [3.63, 3.8) is 0 Å². The number of hydrogen-bond acceptors (Lipinski definition) is 1. The molecule has 0 saturated heterocycles. The highest BCUT2D eigenvalue weighted by Gasteiger charge is 2.23. The molecule has 1 aromatic rings. The Morgan fingerprint density at radius 3 is 2.23 bits per heavy atom. The molecule has 0 unspecified atom stereocenters. The molecule has 70 valence electrons. The van der Waals surface area contributed by atoms with E-state index in [0.717, 1.165) is 18.3 Å². The molecule has 0 bridgehead atoms. The molecule has 0 radical (unpaired) electrons. The predicted molar refractivity (Wildman–Crippen MR) is 61.4 cm³/mol. The molecule has 0 aliphatic rings. The van der Waals surface area contributed by atoms with Crippen molar-refractivity contribution in [1.29, 1.82) is 0 Å². The van der Waals surface area contributed by atoms with Gasteiger partial charge < -0.3 is 4.79 Å². The summed E-state index contributed by atoms with van der Waals surface area (Å²) in [5.41, 5.74) is 2.19. The molecule has 3 heteroatoms. The fourth-order valence-corrected chi connectivity index (χ4v) is 1.56. The molecule has 0 aliphatic heterocycles. The second-order valence-corrected chi connectivity index (χ2v) is 6.36. The van der Waals surface area contributed by atoms with Gasteiger partial charge in [-0.15, -0.1) is 0 Å². The van der Waals surface area contributed by atoms with E-state index in [2.05, 4.69) is 38.8 Å². The maximum absolute atomic E-state index is 10.7. The largest absolute Gasteiger partial charge is 0.300 e. The van der Waals surface area contributed by atoms with Gasteiger partial charge in [-0.1, -0.05) is 63.0 Å². The van der Waals surface area contributed by atoms with Crippen LogP contribution in [-0.4, -0.2) is 6.29 Å². The summed E-state index contributed by atoms with van der Waals surface area (Å²) in [6.07, 6.45) is 1.84. The van der Waals surface area contributed by atoms with Crippen LogP contribution in [0.1, 0.15) is 18.1 Å². The highest BCUT2D eigenvalue weighted by Crippen LogP contribution is 2.35. The van der Waals surface area contributed by atoms with Crippen molar-refractivity contribution in [2.45, 2.75) is 16.6 Å². The quantitative estimate of drug-likeness (QED) is 0.618. The van der Waals surface area contributed by atoms with E-state index in [9.17, 15) is 4.79 Å². The third kappa shape index (κ3) is 2.64. The van der Waals surface area contributed by atoms with Crippen molar-refractivity contribution in [3.05, 3.63) is 35.4 Å². The van der Waals surface area contributed by atoms with E-state index in [-0.39, 0.29) is 0 Å². The number of halogens is 2. The summed E-state index contributed by atoms with van der Waals surface area (Å²) < 4.78 is -0.730. The molecule has 0 aromatic heterocycles. The van der Waals surface area contributed by atoms with Gasteiger partial charge in [-0.05, 0) is 17.5 Å². The number of benzene rings is 1. The number of rotatable bonds is 3. The van der Waals surface area contributed by atoms with Crippen LogP contribution in [0.25, 0.3) is 0 Å². The first kappa shape index (κ1) is 10.9.